The van der Waals surface area contributed by atoms with Gasteiger partial charge in [0.2, 0.25) is 0 Å². The third kappa shape index (κ3) is 4.87. The average Bonchev–Trinajstić information content (AvgIpc) is 3.89. The van der Waals surface area contributed by atoms with Crippen LogP contribution in [0.25, 0.3) is 39.0 Å². The molecule has 0 aromatic carbocycles. The van der Waals surface area contributed by atoms with Crippen molar-refractivity contribution in [2.24, 2.45) is 0 Å². The van der Waals surface area contributed by atoms with Crippen LogP contribution in [0, 0.1) is 47.4 Å². The van der Waals surface area contributed by atoms with Crippen LogP contribution in [0.15, 0.2) is 24.3 Å². The van der Waals surface area contributed by atoms with Crippen LogP contribution in [0.1, 0.15) is 19.5 Å². The maximum Gasteiger partial charge on any atom is 0.104 e. The lowest BCUT2D eigenvalue weighted by atomic mass is 10.2. The minimum atomic E-state index is 0.413. The molecule has 16 N–H and O–H groups in total. The van der Waals surface area contributed by atoms with E-state index in [2.05, 4.69) is 47.4 Å². The molecule has 0 unspecified atom stereocenters. The van der Waals surface area contributed by atoms with Crippen LogP contribution in [0.2, 0.25) is 0 Å². The fourth-order valence-electron chi connectivity index (χ4n) is 4.45. The summed E-state index contributed by atoms with van der Waals surface area (Å²) in [5.74, 6) is 23.7. The van der Waals surface area contributed by atoms with Crippen LogP contribution in [0.4, 0.5) is 45.5 Å². The van der Waals surface area contributed by atoms with Crippen LogP contribution in [0.3, 0.4) is 0 Å². The highest BCUT2D eigenvalue weighted by atomic mass is 32.1. The summed E-state index contributed by atoms with van der Waals surface area (Å²) in [5.41, 5.74) is 54.6. The normalized spacial score (nSPS) is 11.3. The predicted molar refractivity (Wildman–Crippen MR) is 205 cm³/mol. The van der Waals surface area contributed by atoms with Gasteiger partial charge in [-0.3, -0.25) is 0 Å². The summed E-state index contributed by atoms with van der Waals surface area (Å²) in [5, 5.41) is 0. The van der Waals surface area contributed by atoms with Gasteiger partial charge in [-0.2, -0.15) is 0 Å². The minimum Gasteiger partial charge on any atom is -0.396 e. The van der Waals surface area contributed by atoms with Gasteiger partial charge >= 0.3 is 0 Å². The Morgan fingerprint density at radius 3 is 0.739 bits per heavy atom. The zero-order chi connectivity index (χ0) is 32.3. The Hall–Kier alpha value is -5.16. The highest BCUT2D eigenvalue weighted by Crippen LogP contribution is 2.50. The summed E-state index contributed by atoms with van der Waals surface area (Å²) >= 11 is 8.66. The number of nitrogen functional groups attached to an aromatic ring is 8. The second-order valence-corrected chi connectivity index (χ2v) is 15.9. The largest absolute Gasteiger partial charge is 0.396 e. The molecule has 0 saturated heterocycles. The first-order valence-electron chi connectivity index (χ1n) is 13.1. The van der Waals surface area contributed by atoms with Crippen molar-refractivity contribution in [3.05, 3.63) is 43.8 Å². The zero-order valence-corrected chi connectivity index (χ0v) is 28.3. The molecule has 14 heteroatoms. The van der Waals surface area contributed by atoms with Crippen LogP contribution in [-0.2, 0) is 0 Å². The summed E-state index contributed by atoms with van der Waals surface area (Å²) in [4.78, 5) is 9.46. The van der Waals surface area contributed by atoms with Crippen molar-refractivity contribution in [2.75, 3.05) is 45.9 Å². The van der Waals surface area contributed by atoms with Gasteiger partial charge in [0.1, 0.15) is 19.5 Å². The molecule has 8 nitrogen and oxygen atoms in total. The molecule has 46 heavy (non-hydrogen) atoms. The molecule has 7 rings (SSSR count). The first-order valence-corrected chi connectivity index (χ1v) is 18.0. The molecule has 0 saturated carbocycles. The smallest absolute Gasteiger partial charge is 0.104 e. The molecule has 12 bridgehead atoms. The van der Waals surface area contributed by atoms with Gasteiger partial charge in [-0.1, -0.05) is 0 Å². The molecule has 0 spiro atoms. The van der Waals surface area contributed by atoms with Crippen LogP contribution < -0.4 is 45.9 Å². The molecule has 0 aliphatic carbocycles. The molecule has 0 atom stereocenters. The third-order valence-electron chi connectivity index (χ3n) is 6.87. The van der Waals surface area contributed by atoms with Crippen molar-refractivity contribution in [1.82, 2.24) is 0 Å². The SMILES string of the molecule is Nc1c2sc(c1N)-c1ccc(s1)-c1sc(c(N)c1N)C#CC#Cc1sc(c(N)c1N)-c1ccc(s1)-c1sc(c(N)c1N)C#CC#C2. The van der Waals surface area contributed by atoms with Crippen LogP contribution in [-0.4, -0.2) is 0 Å². The molecule has 1 aliphatic heterocycles. The Morgan fingerprint density at radius 1 is 0.304 bits per heavy atom. The van der Waals surface area contributed by atoms with Crippen molar-refractivity contribution in [3.63, 3.8) is 0 Å². The van der Waals surface area contributed by atoms with Crippen LogP contribution >= 0.6 is 68.0 Å². The lowest BCUT2D eigenvalue weighted by Crippen LogP contribution is -1.92. The van der Waals surface area contributed by atoms with E-state index in [4.69, 9.17) is 45.9 Å². The minimum absolute atomic E-state index is 0.413. The van der Waals surface area contributed by atoms with Gasteiger partial charge in [0.25, 0.3) is 0 Å². The van der Waals surface area contributed by atoms with Crippen molar-refractivity contribution in [3.8, 4) is 86.4 Å². The van der Waals surface area contributed by atoms with Gasteiger partial charge in [0.15, 0.2) is 0 Å². The molecule has 6 aromatic rings. The van der Waals surface area contributed by atoms with E-state index in [0.29, 0.717) is 65.0 Å². The summed E-state index contributed by atoms with van der Waals surface area (Å²) in [6.45, 7) is 0. The van der Waals surface area contributed by atoms with E-state index in [-0.39, 0.29) is 0 Å². The van der Waals surface area contributed by atoms with E-state index < -0.39 is 0 Å². The Balaban J connectivity index is 1.38. The Bertz CT molecular complexity index is 2160. The van der Waals surface area contributed by atoms with Gasteiger partial charge in [0, 0.05) is 19.5 Å². The van der Waals surface area contributed by atoms with Gasteiger partial charge in [-0.15, -0.1) is 68.0 Å². The van der Waals surface area contributed by atoms with Gasteiger partial charge < -0.3 is 45.9 Å². The van der Waals surface area contributed by atoms with Crippen LogP contribution in [0.5, 0.6) is 0 Å². The predicted octanol–water partition coefficient (Wildman–Crippen LogP) is 6.50. The number of anilines is 8. The molecule has 0 amide bonds. The lowest BCUT2D eigenvalue weighted by molar-refractivity contribution is 1.77. The first kappa shape index (κ1) is 29.5. The number of hydrogen-bond acceptors (Lipinski definition) is 14. The standard InChI is InChI=1S/C32H20N8S6/c33-21-13-5-1-2-6-14-22(34)26(38)30(44-14)18-11-12-20(42-18)32-28(40)24(36)16(46-32)8-4-3-7-15-23(35)27(39)31(45-15)19-10-9-17(41-19)29(43-13)25(21)37/h9-12H,33-40H2. The van der Waals surface area contributed by atoms with Gasteiger partial charge in [-0.25, -0.2) is 0 Å². The second kappa shape index (κ2) is 11.3. The monoisotopic (exact) mass is 708 g/mol. The van der Waals surface area contributed by atoms with E-state index in [9.17, 15) is 0 Å². The van der Waals surface area contributed by atoms with E-state index in [1.807, 2.05) is 24.3 Å². The molecular formula is C32H20N8S6. The maximum absolute atomic E-state index is 6.42. The Morgan fingerprint density at radius 2 is 0.522 bits per heavy atom. The first-order chi connectivity index (χ1) is 22.1. The molecule has 6 aromatic heterocycles. The average molecular weight is 709 g/mol. The number of rotatable bonds is 0. The third-order valence-corrected chi connectivity index (χ3v) is 14.3. The quantitative estimate of drug-likeness (QED) is 0.0815. The number of hydrogen-bond donors (Lipinski definition) is 8. The molecule has 1 aliphatic rings. The zero-order valence-electron chi connectivity index (χ0n) is 23.4. The van der Waals surface area contributed by atoms with E-state index in [1.165, 1.54) is 68.0 Å². The van der Waals surface area contributed by atoms with E-state index >= 15 is 0 Å². The van der Waals surface area contributed by atoms with Gasteiger partial charge in [-0.05, 0) is 71.6 Å². The number of fused-ring (bicyclic) bond motifs is 16. The van der Waals surface area contributed by atoms with Crippen molar-refractivity contribution in [2.45, 2.75) is 0 Å². The maximum atomic E-state index is 6.42. The fourth-order valence-corrected chi connectivity index (χ4v) is 10.9. The highest BCUT2D eigenvalue weighted by Gasteiger charge is 2.21. The highest BCUT2D eigenvalue weighted by molar-refractivity contribution is 7.28. The molecule has 7 heterocycles. The van der Waals surface area contributed by atoms with Crippen molar-refractivity contribution in [1.29, 1.82) is 0 Å². The summed E-state index contributed by atoms with van der Waals surface area (Å²) < 4.78 is 0. The topological polar surface area (TPSA) is 208 Å². The molecule has 224 valence electrons. The lowest BCUT2D eigenvalue weighted by Gasteiger charge is -1.97. The number of nitrogens with two attached hydrogens (primary N) is 8. The van der Waals surface area contributed by atoms with E-state index in [0.717, 1.165) is 39.0 Å². The summed E-state index contributed by atoms with van der Waals surface area (Å²) in [6, 6.07) is 7.89. The summed E-state index contributed by atoms with van der Waals surface area (Å²) in [7, 11) is 0. The van der Waals surface area contributed by atoms with Gasteiger partial charge in [0.05, 0.1) is 65.0 Å². The molecule has 0 radical (unpaired) electrons. The van der Waals surface area contributed by atoms with E-state index in [1.54, 1.807) is 0 Å². The Kier molecular flexibility index (Phi) is 7.28. The summed E-state index contributed by atoms with van der Waals surface area (Å²) in [6.07, 6.45) is 0. The van der Waals surface area contributed by atoms with Crippen molar-refractivity contribution >= 4 is 114 Å². The van der Waals surface area contributed by atoms with Crippen molar-refractivity contribution < 1.29 is 0 Å². The number of thiophene rings is 6. The molecular weight excluding hydrogens is 689 g/mol. The Labute approximate surface area is 287 Å². The second-order valence-electron chi connectivity index (χ2n) is 9.68. The fraction of sp³-hybridized carbons (Fsp3) is 0. The molecule has 0 fully saturated rings.